The molecular weight excluding hydrogens is 889 g/mol. The average molecular weight is 987 g/mol. The van der Waals surface area contributed by atoms with E-state index in [9.17, 15) is 45.3 Å². The summed E-state index contributed by atoms with van der Waals surface area (Å²) in [5.41, 5.74) is 0. The molecule has 2 heterocycles. The van der Waals surface area contributed by atoms with Gasteiger partial charge in [-0.25, -0.2) is 0 Å². The molecule has 0 amide bonds. The van der Waals surface area contributed by atoms with Gasteiger partial charge in [-0.05, 0) is 44.9 Å². The van der Waals surface area contributed by atoms with Gasteiger partial charge in [-0.2, -0.15) is 0 Å². The quantitative estimate of drug-likeness (QED) is 0.0173. The monoisotopic (exact) mass is 987 g/mol. The minimum Gasteiger partial charge on any atom is -0.462 e. The second-order valence-corrected chi connectivity index (χ2v) is 19.4. The Hall–Kier alpha value is -2.02. The standard InChI is InChI=1S/C54H98O15/c1-3-5-7-9-11-13-15-16-17-18-19-20-21-22-23-24-25-26-27-29-31-33-35-37-46(57)67-42(39-64-45(56)36-34-32-30-28-14-12-10-8-6-4-2)40-65-53-52(63)50(61)48(59)44(69-53)41-66-54-51(62)49(60)47(58)43(38-55)68-54/h15-16,18-19,42-44,47-55,58-63H,3-14,17,20-41H2,1-2H3/b16-15-,19-18-. The molecule has 0 radical (unpaired) electrons. The van der Waals surface area contributed by atoms with Crippen LogP contribution in [-0.4, -0.2) is 142 Å². The third-order valence-corrected chi connectivity index (χ3v) is 13.2. The maximum atomic E-state index is 13.0. The third-order valence-electron chi connectivity index (χ3n) is 13.2. The molecule has 11 atom stereocenters. The Labute approximate surface area is 415 Å². The number of unbranched alkanes of at least 4 members (excludes halogenated alkanes) is 25. The second kappa shape index (κ2) is 41.5. The Morgan fingerprint density at radius 3 is 1.35 bits per heavy atom. The van der Waals surface area contributed by atoms with Gasteiger partial charge in [-0.3, -0.25) is 9.59 Å². The molecule has 69 heavy (non-hydrogen) atoms. The van der Waals surface area contributed by atoms with E-state index in [1.807, 2.05) is 0 Å². The SMILES string of the molecule is CCCCCCC/C=C\C/C=C\CCCCCCCCCCCCCC(=O)OC(COC(=O)CCCCCCCCCCCC)COC1OC(COC2OC(CO)C(O)C(O)C2O)C(O)C(O)C1O. The second-order valence-electron chi connectivity index (χ2n) is 19.4. The van der Waals surface area contributed by atoms with Gasteiger partial charge < -0.3 is 64.2 Å². The molecule has 2 aliphatic heterocycles. The van der Waals surface area contributed by atoms with Gasteiger partial charge in [-0.1, -0.05) is 179 Å². The van der Waals surface area contributed by atoms with Crippen LogP contribution in [0.3, 0.4) is 0 Å². The van der Waals surface area contributed by atoms with E-state index < -0.39 is 92.7 Å². The van der Waals surface area contributed by atoms with Gasteiger partial charge >= 0.3 is 11.9 Å². The molecule has 11 unspecified atom stereocenters. The summed E-state index contributed by atoms with van der Waals surface area (Å²) >= 11 is 0. The first-order valence-corrected chi connectivity index (χ1v) is 27.4. The van der Waals surface area contributed by atoms with Crippen LogP contribution in [0.25, 0.3) is 0 Å². The lowest BCUT2D eigenvalue weighted by Crippen LogP contribution is -2.61. The Kier molecular flexibility index (Phi) is 37.9. The molecule has 0 aromatic heterocycles. The van der Waals surface area contributed by atoms with Crippen molar-refractivity contribution in [2.75, 3.05) is 26.4 Å². The average Bonchev–Trinajstić information content (AvgIpc) is 3.34. The van der Waals surface area contributed by atoms with Crippen molar-refractivity contribution in [3.05, 3.63) is 24.3 Å². The Morgan fingerprint density at radius 1 is 0.464 bits per heavy atom. The van der Waals surface area contributed by atoms with Crippen molar-refractivity contribution in [1.82, 2.24) is 0 Å². The van der Waals surface area contributed by atoms with Crippen LogP contribution in [-0.2, 0) is 38.0 Å². The summed E-state index contributed by atoms with van der Waals surface area (Å²) in [4.78, 5) is 25.7. The van der Waals surface area contributed by atoms with Crippen LogP contribution in [0.1, 0.15) is 213 Å². The van der Waals surface area contributed by atoms with Gasteiger partial charge in [0.05, 0.1) is 19.8 Å². The van der Waals surface area contributed by atoms with Crippen LogP contribution in [0.2, 0.25) is 0 Å². The Morgan fingerprint density at radius 2 is 0.870 bits per heavy atom. The molecule has 0 aromatic rings. The molecule has 7 N–H and O–H groups in total. The summed E-state index contributed by atoms with van der Waals surface area (Å²) in [5.74, 6) is -0.921. The van der Waals surface area contributed by atoms with Crippen LogP contribution >= 0.6 is 0 Å². The number of carbonyl (C=O) groups excluding carboxylic acids is 2. The van der Waals surface area contributed by atoms with Crippen LogP contribution < -0.4 is 0 Å². The van der Waals surface area contributed by atoms with Crippen molar-refractivity contribution in [3.8, 4) is 0 Å². The van der Waals surface area contributed by atoms with E-state index in [0.29, 0.717) is 12.8 Å². The van der Waals surface area contributed by atoms with Crippen molar-refractivity contribution < 1.29 is 73.8 Å². The molecule has 0 aromatic carbocycles. The third kappa shape index (κ3) is 29.3. The van der Waals surface area contributed by atoms with Crippen molar-refractivity contribution in [3.63, 3.8) is 0 Å². The molecular formula is C54H98O15. The number of rotatable bonds is 43. The molecule has 2 fully saturated rings. The van der Waals surface area contributed by atoms with Gasteiger partial charge in [0.25, 0.3) is 0 Å². The van der Waals surface area contributed by atoms with E-state index in [-0.39, 0.29) is 26.1 Å². The lowest BCUT2D eigenvalue weighted by Gasteiger charge is -2.42. The fourth-order valence-corrected chi connectivity index (χ4v) is 8.66. The highest BCUT2D eigenvalue weighted by Crippen LogP contribution is 2.27. The largest absolute Gasteiger partial charge is 0.462 e. The summed E-state index contributed by atoms with van der Waals surface area (Å²) in [6, 6.07) is 0. The predicted molar refractivity (Wildman–Crippen MR) is 266 cm³/mol. The molecule has 0 saturated carbocycles. The maximum Gasteiger partial charge on any atom is 0.306 e. The number of hydrogen-bond acceptors (Lipinski definition) is 15. The normalized spacial score (nSPS) is 25.7. The van der Waals surface area contributed by atoms with E-state index in [1.54, 1.807) is 0 Å². The van der Waals surface area contributed by atoms with Gasteiger partial charge in [0, 0.05) is 12.8 Å². The van der Waals surface area contributed by atoms with E-state index in [4.69, 9.17) is 28.4 Å². The topological polar surface area (TPSA) is 231 Å². The number of esters is 2. The summed E-state index contributed by atoms with van der Waals surface area (Å²) in [6.07, 6.45) is 26.4. The summed E-state index contributed by atoms with van der Waals surface area (Å²) < 4.78 is 33.6. The lowest BCUT2D eigenvalue weighted by atomic mass is 9.98. The van der Waals surface area contributed by atoms with Crippen molar-refractivity contribution in [2.24, 2.45) is 0 Å². The first kappa shape index (κ1) is 63.1. The number of aliphatic hydroxyl groups is 7. The minimum absolute atomic E-state index is 0.166. The highest BCUT2D eigenvalue weighted by Gasteiger charge is 2.47. The Bertz CT molecular complexity index is 1300. The van der Waals surface area contributed by atoms with Crippen LogP contribution in [0.15, 0.2) is 24.3 Å². The molecule has 15 nitrogen and oxygen atoms in total. The number of carbonyl (C=O) groups is 2. The molecule has 0 spiro atoms. The van der Waals surface area contributed by atoms with Crippen molar-refractivity contribution in [1.29, 1.82) is 0 Å². The zero-order valence-electron chi connectivity index (χ0n) is 42.8. The molecule has 404 valence electrons. The van der Waals surface area contributed by atoms with Crippen LogP contribution in [0.5, 0.6) is 0 Å². The van der Waals surface area contributed by atoms with E-state index >= 15 is 0 Å². The van der Waals surface area contributed by atoms with Gasteiger partial charge in [0.1, 0.15) is 55.4 Å². The fraction of sp³-hybridized carbons (Fsp3) is 0.889. The summed E-state index contributed by atoms with van der Waals surface area (Å²) in [6.45, 7) is 2.58. The van der Waals surface area contributed by atoms with Gasteiger partial charge in [0.15, 0.2) is 18.7 Å². The highest BCUT2D eigenvalue weighted by molar-refractivity contribution is 5.70. The van der Waals surface area contributed by atoms with Crippen molar-refractivity contribution in [2.45, 2.75) is 280 Å². The van der Waals surface area contributed by atoms with Crippen LogP contribution in [0, 0.1) is 0 Å². The van der Waals surface area contributed by atoms with Crippen molar-refractivity contribution >= 4 is 11.9 Å². The fourth-order valence-electron chi connectivity index (χ4n) is 8.66. The van der Waals surface area contributed by atoms with E-state index in [2.05, 4.69) is 38.2 Å². The van der Waals surface area contributed by atoms with Crippen LogP contribution in [0.4, 0.5) is 0 Å². The molecule has 2 aliphatic rings. The van der Waals surface area contributed by atoms with E-state index in [1.165, 1.54) is 122 Å². The predicted octanol–water partition coefficient (Wildman–Crippen LogP) is 8.33. The molecule has 0 aliphatic carbocycles. The number of hydrogen-bond donors (Lipinski definition) is 7. The maximum absolute atomic E-state index is 13.0. The zero-order valence-corrected chi connectivity index (χ0v) is 42.8. The number of aliphatic hydroxyl groups excluding tert-OH is 7. The highest BCUT2D eigenvalue weighted by atomic mass is 16.7. The first-order chi connectivity index (χ1) is 33.5. The Balaban J connectivity index is 1.73. The summed E-state index contributed by atoms with van der Waals surface area (Å²) in [7, 11) is 0. The smallest absolute Gasteiger partial charge is 0.306 e. The van der Waals surface area contributed by atoms with E-state index in [0.717, 1.165) is 51.4 Å². The molecule has 15 heteroatoms. The molecule has 2 rings (SSSR count). The first-order valence-electron chi connectivity index (χ1n) is 27.4. The number of ether oxygens (including phenoxy) is 6. The van der Waals surface area contributed by atoms with Gasteiger partial charge in [-0.15, -0.1) is 0 Å². The minimum atomic E-state index is -1.76. The molecule has 2 saturated heterocycles. The van der Waals surface area contributed by atoms with Gasteiger partial charge in [0.2, 0.25) is 0 Å². The molecule has 0 bridgehead atoms. The lowest BCUT2D eigenvalue weighted by molar-refractivity contribution is -0.332. The summed E-state index contributed by atoms with van der Waals surface area (Å²) in [5, 5.41) is 72.1. The zero-order chi connectivity index (χ0) is 50.3. The number of allylic oxidation sites excluding steroid dienone is 4.